The predicted octanol–water partition coefficient (Wildman–Crippen LogP) is 5.21. The minimum Gasteiger partial charge on any atom is -0.490 e. The number of halogens is 2. The Labute approximate surface area is 132 Å². The average Bonchev–Trinajstić information content (AvgIpc) is 2.46. The van der Waals surface area contributed by atoms with Crippen molar-refractivity contribution in [1.82, 2.24) is 0 Å². The van der Waals surface area contributed by atoms with Crippen LogP contribution in [0.3, 0.4) is 0 Å². The van der Waals surface area contributed by atoms with Crippen molar-refractivity contribution in [2.75, 3.05) is 6.61 Å². The molecule has 2 nitrogen and oxygen atoms in total. The molecule has 0 aliphatic rings. The van der Waals surface area contributed by atoms with Gasteiger partial charge in [0.1, 0.15) is 6.61 Å². The van der Waals surface area contributed by atoms with Gasteiger partial charge in [-0.15, -0.1) is 0 Å². The summed E-state index contributed by atoms with van der Waals surface area (Å²) < 4.78 is 11.6. The Balaban J connectivity index is 2.19. The van der Waals surface area contributed by atoms with Gasteiger partial charge in [-0.05, 0) is 30.7 Å². The van der Waals surface area contributed by atoms with Gasteiger partial charge in [0, 0.05) is 15.9 Å². The zero-order valence-electron chi connectivity index (χ0n) is 11.2. The highest BCUT2D eigenvalue weighted by molar-refractivity contribution is 9.08. The minimum atomic E-state index is 0.463. The largest absolute Gasteiger partial charge is 0.490 e. The lowest BCUT2D eigenvalue weighted by Gasteiger charge is -2.15. The van der Waals surface area contributed by atoms with Crippen molar-refractivity contribution in [1.29, 1.82) is 0 Å². The summed E-state index contributed by atoms with van der Waals surface area (Å²) >= 11 is 9.45. The van der Waals surface area contributed by atoms with E-state index in [0.29, 0.717) is 18.2 Å². The first-order chi connectivity index (χ1) is 9.74. The van der Waals surface area contributed by atoms with Crippen LogP contribution in [0, 0.1) is 0 Å². The second-order valence-electron chi connectivity index (χ2n) is 4.23. The third-order valence-electron chi connectivity index (χ3n) is 2.78. The molecule has 2 aromatic rings. The highest BCUT2D eigenvalue weighted by atomic mass is 79.9. The first-order valence-electron chi connectivity index (χ1n) is 6.42. The Morgan fingerprint density at radius 3 is 2.60 bits per heavy atom. The van der Waals surface area contributed by atoms with Crippen molar-refractivity contribution in [3.8, 4) is 11.5 Å². The van der Waals surface area contributed by atoms with Crippen molar-refractivity contribution in [3.63, 3.8) is 0 Å². The van der Waals surface area contributed by atoms with Crippen LogP contribution in [0.5, 0.6) is 11.5 Å². The molecule has 0 atom stereocenters. The molecule has 0 unspecified atom stereocenters. The van der Waals surface area contributed by atoms with Gasteiger partial charge in [-0.2, -0.15) is 0 Å². The number of para-hydroxylation sites is 1. The SMILES string of the molecule is CCOc1cccc(CBr)c1OCc1cccc(Cl)c1. The predicted molar refractivity (Wildman–Crippen MR) is 86.0 cm³/mol. The smallest absolute Gasteiger partial charge is 0.165 e. The zero-order chi connectivity index (χ0) is 14.4. The summed E-state index contributed by atoms with van der Waals surface area (Å²) in [6.45, 7) is 3.03. The fourth-order valence-corrected chi connectivity index (χ4v) is 2.54. The Kier molecular flexibility index (Phi) is 5.74. The highest BCUT2D eigenvalue weighted by Gasteiger charge is 2.10. The van der Waals surface area contributed by atoms with Gasteiger partial charge >= 0.3 is 0 Å². The van der Waals surface area contributed by atoms with Gasteiger partial charge in [0.25, 0.3) is 0 Å². The van der Waals surface area contributed by atoms with Crippen molar-refractivity contribution in [2.45, 2.75) is 18.9 Å². The van der Waals surface area contributed by atoms with E-state index in [1.807, 2.05) is 49.4 Å². The van der Waals surface area contributed by atoms with Gasteiger partial charge in [-0.3, -0.25) is 0 Å². The summed E-state index contributed by atoms with van der Waals surface area (Å²) in [5.74, 6) is 1.55. The minimum absolute atomic E-state index is 0.463. The van der Waals surface area contributed by atoms with Crippen LogP contribution in [0.1, 0.15) is 18.1 Å². The van der Waals surface area contributed by atoms with Crippen LogP contribution in [0.4, 0.5) is 0 Å². The van der Waals surface area contributed by atoms with Gasteiger partial charge in [-0.25, -0.2) is 0 Å². The summed E-state index contributed by atoms with van der Waals surface area (Å²) in [6, 6.07) is 13.6. The molecule has 0 saturated carbocycles. The molecule has 0 aliphatic heterocycles. The van der Waals surface area contributed by atoms with Crippen LogP contribution < -0.4 is 9.47 Å². The molecule has 2 aromatic carbocycles. The van der Waals surface area contributed by atoms with Crippen LogP contribution >= 0.6 is 27.5 Å². The highest BCUT2D eigenvalue weighted by Crippen LogP contribution is 2.33. The fraction of sp³-hybridized carbons (Fsp3) is 0.250. The Hall–Kier alpha value is -1.19. The maximum atomic E-state index is 5.98. The van der Waals surface area contributed by atoms with Crippen LogP contribution in [0.2, 0.25) is 5.02 Å². The van der Waals surface area contributed by atoms with Gasteiger partial charge < -0.3 is 9.47 Å². The number of ether oxygens (including phenoxy) is 2. The molecule has 0 bridgehead atoms. The van der Waals surface area contributed by atoms with E-state index in [0.717, 1.165) is 28.0 Å². The number of benzene rings is 2. The van der Waals surface area contributed by atoms with Crippen molar-refractivity contribution in [3.05, 3.63) is 58.6 Å². The molecule has 20 heavy (non-hydrogen) atoms. The van der Waals surface area contributed by atoms with Gasteiger partial charge in [0.2, 0.25) is 0 Å². The lowest BCUT2D eigenvalue weighted by atomic mass is 10.2. The van der Waals surface area contributed by atoms with E-state index in [1.54, 1.807) is 0 Å². The molecule has 0 saturated heterocycles. The molecule has 0 spiro atoms. The molecule has 0 fully saturated rings. The van der Waals surface area contributed by atoms with Crippen LogP contribution in [0.25, 0.3) is 0 Å². The van der Waals surface area contributed by atoms with Gasteiger partial charge in [-0.1, -0.05) is 51.8 Å². The van der Waals surface area contributed by atoms with E-state index in [4.69, 9.17) is 21.1 Å². The van der Waals surface area contributed by atoms with Crippen LogP contribution in [-0.2, 0) is 11.9 Å². The molecular weight excluding hydrogens is 340 g/mol. The van der Waals surface area contributed by atoms with E-state index in [2.05, 4.69) is 15.9 Å². The quantitative estimate of drug-likeness (QED) is 0.662. The Bertz CT molecular complexity index is 572. The van der Waals surface area contributed by atoms with E-state index < -0.39 is 0 Å². The summed E-state index contributed by atoms with van der Waals surface area (Å²) in [6.07, 6.45) is 0. The average molecular weight is 356 g/mol. The fourth-order valence-electron chi connectivity index (χ4n) is 1.88. The molecule has 0 aromatic heterocycles. The molecule has 0 amide bonds. The summed E-state index contributed by atoms with van der Waals surface area (Å²) in [4.78, 5) is 0. The molecule has 0 N–H and O–H groups in total. The molecule has 0 radical (unpaired) electrons. The van der Waals surface area contributed by atoms with E-state index in [1.165, 1.54) is 0 Å². The van der Waals surface area contributed by atoms with Crippen LogP contribution in [-0.4, -0.2) is 6.61 Å². The molecular formula is C16H16BrClO2. The van der Waals surface area contributed by atoms with E-state index in [-0.39, 0.29) is 0 Å². The summed E-state index contributed by atoms with van der Waals surface area (Å²) in [7, 11) is 0. The third-order valence-corrected chi connectivity index (χ3v) is 3.62. The van der Waals surface area contributed by atoms with Crippen molar-refractivity contribution in [2.24, 2.45) is 0 Å². The number of rotatable bonds is 6. The second-order valence-corrected chi connectivity index (χ2v) is 5.23. The van der Waals surface area contributed by atoms with E-state index >= 15 is 0 Å². The Morgan fingerprint density at radius 1 is 1.10 bits per heavy atom. The van der Waals surface area contributed by atoms with E-state index in [9.17, 15) is 0 Å². The maximum Gasteiger partial charge on any atom is 0.165 e. The molecule has 0 aliphatic carbocycles. The zero-order valence-corrected chi connectivity index (χ0v) is 13.6. The van der Waals surface area contributed by atoms with Gasteiger partial charge in [0.15, 0.2) is 11.5 Å². The third kappa shape index (κ3) is 3.90. The second kappa shape index (κ2) is 7.55. The maximum absolute atomic E-state index is 5.98. The van der Waals surface area contributed by atoms with Crippen LogP contribution in [0.15, 0.2) is 42.5 Å². The summed E-state index contributed by atoms with van der Waals surface area (Å²) in [5.41, 5.74) is 2.10. The lowest BCUT2D eigenvalue weighted by molar-refractivity contribution is 0.267. The van der Waals surface area contributed by atoms with Crippen molar-refractivity contribution >= 4 is 27.5 Å². The standard InChI is InChI=1S/C16H16BrClO2/c1-2-19-15-8-4-6-13(10-17)16(15)20-11-12-5-3-7-14(18)9-12/h3-9H,2,10-11H2,1H3. The molecule has 4 heteroatoms. The lowest BCUT2D eigenvalue weighted by Crippen LogP contribution is -2.02. The monoisotopic (exact) mass is 354 g/mol. The number of hydrogen-bond acceptors (Lipinski definition) is 2. The number of hydrogen-bond donors (Lipinski definition) is 0. The first kappa shape index (κ1) is 15.2. The molecule has 2 rings (SSSR count). The topological polar surface area (TPSA) is 18.5 Å². The summed E-state index contributed by atoms with van der Waals surface area (Å²) in [5, 5.41) is 1.43. The van der Waals surface area contributed by atoms with Gasteiger partial charge in [0.05, 0.1) is 6.61 Å². The van der Waals surface area contributed by atoms with Crippen molar-refractivity contribution < 1.29 is 9.47 Å². The molecule has 106 valence electrons. The molecule has 0 heterocycles. The normalized spacial score (nSPS) is 10.3. The Morgan fingerprint density at radius 2 is 1.90 bits per heavy atom. The first-order valence-corrected chi connectivity index (χ1v) is 7.92. The number of alkyl halides is 1.